The first kappa shape index (κ1) is 22.6. The number of benzene rings is 2. The topological polar surface area (TPSA) is 91.7 Å². The van der Waals surface area contributed by atoms with E-state index in [4.69, 9.17) is 11.5 Å². The number of halogens is 1. The highest BCUT2D eigenvalue weighted by molar-refractivity contribution is 7.98. The predicted molar refractivity (Wildman–Crippen MR) is 123 cm³/mol. The van der Waals surface area contributed by atoms with E-state index in [0.717, 1.165) is 42.0 Å². The molecule has 0 unspecified atom stereocenters. The second kappa shape index (κ2) is 10.7. The van der Waals surface area contributed by atoms with Gasteiger partial charge in [-0.25, -0.2) is 4.39 Å². The molecule has 0 fully saturated rings. The van der Waals surface area contributed by atoms with Crippen LogP contribution >= 0.6 is 11.9 Å². The van der Waals surface area contributed by atoms with Gasteiger partial charge in [0.2, 0.25) is 0 Å². The fourth-order valence-corrected chi connectivity index (χ4v) is 3.31. The summed E-state index contributed by atoms with van der Waals surface area (Å²) in [5.41, 5.74) is 15.4. The van der Waals surface area contributed by atoms with Gasteiger partial charge in [0.05, 0.1) is 16.3 Å². The molecular weight excluding hydrogens is 387 g/mol. The van der Waals surface area contributed by atoms with Gasteiger partial charge in [-0.2, -0.15) is 4.40 Å². The van der Waals surface area contributed by atoms with Gasteiger partial charge in [0, 0.05) is 43.5 Å². The lowest BCUT2D eigenvalue weighted by atomic mass is 10.1. The van der Waals surface area contributed by atoms with Crippen molar-refractivity contribution in [1.29, 1.82) is 0 Å². The molecule has 0 aromatic heterocycles. The molecule has 0 saturated carbocycles. The van der Waals surface area contributed by atoms with Gasteiger partial charge in [-0.15, -0.1) is 0 Å². The van der Waals surface area contributed by atoms with Gasteiger partial charge in [0.15, 0.2) is 0 Å². The zero-order valence-electron chi connectivity index (χ0n) is 17.3. The number of likely N-dealkylation sites (N-methyl/N-ethyl adjacent to an activating group) is 2. The molecule has 0 saturated heterocycles. The number of nitrogens with two attached hydrogens (primary N) is 2. The Hall–Kier alpha value is -2.71. The maximum Gasteiger partial charge on any atom is 0.140 e. The van der Waals surface area contributed by atoms with E-state index >= 15 is 0 Å². The van der Waals surface area contributed by atoms with Crippen molar-refractivity contribution in [3.05, 3.63) is 59.6 Å². The van der Waals surface area contributed by atoms with Crippen molar-refractivity contribution in [2.45, 2.75) is 18.7 Å². The second-order valence-electron chi connectivity index (χ2n) is 6.76. The first-order chi connectivity index (χ1) is 13.8. The van der Waals surface area contributed by atoms with Crippen LogP contribution in [0.5, 0.6) is 0 Å². The van der Waals surface area contributed by atoms with E-state index in [1.54, 1.807) is 13.0 Å². The minimum atomic E-state index is -0.367. The summed E-state index contributed by atoms with van der Waals surface area (Å²) < 4.78 is 18.7. The first-order valence-electron chi connectivity index (χ1n) is 9.28. The second-order valence-corrected chi connectivity index (χ2v) is 7.57. The first-order valence-corrected chi connectivity index (χ1v) is 10.1. The molecule has 2 rings (SSSR count). The van der Waals surface area contributed by atoms with Crippen molar-refractivity contribution in [2.75, 3.05) is 37.4 Å². The zero-order valence-corrected chi connectivity index (χ0v) is 18.1. The number of allylic oxidation sites excluding steroid dienone is 1. The number of anilines is 3. The molecule has 6 N–H and O–H groups in total. The number of rotatable bonds is 9. The Bertz CT molecular complexity index is 893. The quantitative estimate of drug-likeness (QED) is 0.283. The van der Waals surface area contributed by atoms with Gasteiger partial charge in [-0.1, -0.05) is 12.1 Å². The van der Waals surface area contributed by atoms with E-state index in [1.165, 1.54) is 12.1 Å². The van der Waals surface area contributed by atoms with Gasteiger partial charge >= 0.3 is 0 Å². The largest absolute Gasteiger partial charge is 0.402 e. The van der Waals surface area contributed by atoms with Crippen LogP contribution < -0.4 is 27.0 Å². The highest BCUT2D eigenvalue weighted by Crippen LogP contribution is 2.33. The summed E-state index contributed by atoms with van der Waals surface area (Å²) in [4.78, 5) is 2.55. The van der Waals surface area contributed by atoms with Crippen molar-refractivity contribution in [3.8, 4) is 0 Å². The molecule has 2 aromatic carbocycles. The van der Waals surface area contributed by atoms with Crippen LogP contribution in [-0.2, 0) is 0 Å². The van der Waals surface area contributed by atoms with Gasteiger partial charge in [0.1, 0.15) is 11.7 Å². The molecule has 29 heavy (non-hydrogen) atoms. The van der Waals surface area contributed by atoms with Gasteiger partial charge in [-0.05, 0) is 56.8 Å². The molecule has 8 heteroatoms. The minimum Gasteiger partial charge on any atom is -0.402 e. The maximum absolute atomic E-state index is 14.6. The van der Waals surface area contributed by atoms with E-state index in [2.05, 4.69) is 19.9 Å². The van der Waals surface area contributed by atoms with Crippen molar-refractivity contribution < 1.29 is 4.39 Å². The van der Waals surface area contributed by atoms with E-state index in [9.17, 15) is 4.39 Å². The Morgan fingerprint density at radius 2 is 1.97 bits per heavy atom. The van der Waals surface area contributed by atoms with Crippen molar-refractivity contribution in [2.24, 2.45) is 15.9 Å². The van der Waals surface area contributed by atoms with Crippen LogP contribution in [0, 0.1) is 12.7 Å². The smallest absolute Gasteiger partial charge is 0.140 e. The van der Waals surface area contributed by atoms with Crippen LogP contribution in [0.2, 0.25) is 0 Å². The van der Waals surface area contributed by atoms with Crippen LogP contribution in [-0.4, -0.2) is 33.0 Å². The summed E-state index contributed by atoms with van der Waals surface area (Å²) in [7, 11) is 3.96. The van der Waals surface area contributed by atoms with Crippen molar-refractivity contribution in [3.63, 3.8) is 0 Å². The van der Waals surface area contributed by atoms with Crippen molar-refractivity contribution >= 4 is 34.8 Å². The molecule has 156 valence electrons. The molecule has 0 heterocycles. The van der Waals surface area contributed by atoms with Crippen LogP contribution in [0.25, 0.3) is 0 Å². The molecular formula is C21H29FN6S. The normalized spacial score (nSPS) is 12.2. The lowest BCUT2D eigenvalue weighted by Gasteiger charge is -2.23. The lowest BCUT2D eigenvalue weighted by molar-refractivity contribution is 0.602. The van der Waals surface area contributed by atoms with E-state index in [-0.39, 0.29) is 11.7 Å². The van der Waals surface area contributed by atoms with E-state index in [1.807, 2.05) is 45.3 Å². The fourth-order valence-electron chi connectivity index (χ4n) is 2.68. The Morgan fingerprint density at radius 3 is 2.66 bits per heavy atom. The fraction of sp³-hybridized carbons (Fsp3) is 0.286. The molecule has 0 aliphatic heterocycles. The number of amidine groups is 1. The molecule has 0 bridgehead atoms. The number of nitrogens with zero attached hydrogens (tertiary/aromatic N) is 2. The number of para-hydroxylation sites is 2. The van der Waals surface area contributed by atoms with E-state index in [0.29, 0.717) is 16.3 Å². The monoisotopic (exact) mass is 416 g/mol. The van der Waals surface area contributed by atoms with Crippen molar-refractivity contribution in [1.82, 2.24) is 5.32 Å². The number of aryl methyl sites for hydroxylation is 1. The number of nitrogens with one attached hydrogen (secondary N) is 2. The third-order valence-corrected chi connectivity index (χ3v) is 5.00. The van der Waals surface area contributed by atoms with Gasteiger partial charge in [0.25, 0.3) is 0 Å². The SMILES string of the molecule is CNCCN(C)c1ccccc1Nc1cc(F)c(SN=C(N)/C=C(/C)N)cc1C. The predicted octanol–water partition coefficient (Wildman–Crippen LogP) is 3.76. The number of hydrogen-bond donors (Lipinski definition) is 4. The number of hydrogen-bond acceptors (Lipinski definition) is 6. The van der Waals surface area contributed by atoms with Gasteiger partial charge in [-0.3, -0.25) is 0 Å². The van der Waals surface area contributed by atoms with Crippen LogP contribution in [0.1, 0.15) is 12.5 Å². The van der Waals surface area contributed by atoms with Gasteiger partial charge < -0.3 is 27.0 Å². The summed E-state index contributed by atoms with van der Waals surface area (Å²) in [6.45, 7) is 5.36. The Balaban J connectivity index is 2.23. The standard InChI is InChI=1S/C21H29FN6S/c1-14-11-20(29-27-21(24)12-15(2)23)16(22)13-18(14)26-17-7-5-6-8-19(17)28(4)10-9-25-3/h5-8,11-13,25-26H,9-10,23H2,1-4H3,(H2,24,27)/b15-12-. The Kier molecular flexibility index (Phi) is 8.35. The molecule has 0 aliphatic carbocycles. The summed E-state index contributed by atoms with van der Waals surface area (Å²) in [5, 5.41) is 6.51. The third-order valence-electron chi connectivity index (χ3n) is 4.19. The van der Waals surface area contributed by atoms with Crippen LogP contribution in [0.4, 0.5) is 21.5 Å². The molecule has 6 nitrogen and oxygen atoms in total. The molecule has 0 radical (unpaired) electrons. The lowest BCUT2D eigenvalue weighted by Crippen LogP contribution is -2.27. The minimum absolute atomic E-state index is 0.243. The Morgan fingerprint density at radius 1 is 1.24 bits per heavy atom. The average Bonchev–Trinajstić information content (AvgIpc) is 2.67. The molecule has 0 spiro atoms. The average molecular weight is 417 g/mol. The molecule has 0 amide bonds. The summed E-state index contributed by atoms with van der Waals surface area (Å²) in [6.07, 6.45) is 1.54. The maximum atomic E-state index is 14.6. The highest BCUT2D eigenvalue weighted by Gasteiger charge is 2.12. The molecule has 0 atom stereocenters. The highest BCUT2D eigenvalue weighted by atomic mass is 32.2. The molecule has 2 aromatic rings. The van der Waals surface area contributed by atoms with Crippen LogP contribution in [0.15, 0.2) is 57.5 Å². The third kappa shape index (κ3) is 6.69. The van der Waals surface area contributed by atoms with Crippen LogP contribution in [0.3, 0.4) is 0 Å². The summed E-state index contributed by atoms with van der Waals surface area (Å²) in [5.74, 6) is -0.123. The molecule has 0 aliphatic rings. The summed E-state index contributed by atoms with van der Waals surface area (Å²) in [6, 6.07) is 11.2. The summed E-state index contributed by atoms with van der Waals surface area (Å²) >= 11 is 0.988. The van der Waals surface area contributed by atoms with E-state index < -0.39 is 0 Å². The Labute approximate surface area is 176 Å². The zero-order chi connectivity index (χ0) is 21.4.